The summed E-state index contributed by atoms with van der Waals surface area (Å²) in [6, 6.07) is 3.48. The lowest BCUT2D eigenvalue weighted by Gasteiger charge is -2.27. The Bertz CT molecular complexity index is 369. The molecule has 0 radical (unpaired) electrons. The Labute approximate surface area is 88.0 Å². The first-order chi connectivity index (χ1) is 7.22. The van der Waals surface area contributed by atoms with Gasteiger partial charge in [-0.3, -0.25) is 0 Å². The molecule has 0 aliphatic carbocycles. The number of nitrogens with zero attached hydrogens (tertiary/aromatic N) is 1. The third-order valence-corrected chi connectivity index (χ3v) is 2.50. The van der Waals surface area contributed by atoms with Crippen LogP contribution in [0.5, 0.6) is 5.88 Å². The molecule has 5 nitrogen and oxygen atoms in total. The van der Waals surface area contributed by atoms with Gasteiger partial charge in [-0.25, -0.2) is 4.79 Å². The van der Waals surface area contributed by atoms with Crippen LogP contribution in [0.2, 0.25) is 0 Å². The van der Waals surface area contributed by atoms with Gasteiger partial charge in [-0.1, -0.05) is 0 Å². The highest BCUT2D eigenvalue weighted by molar-refractivity contribution is 5.88. The van der Waals surface area contributed by atoms with Gasteiger partial charge in [0.25, 0.3) is 0 Å². The molecule has 0 aromatic carbocycles. The van der Waals surface area contributed by atoms with Crippen LogP contribution in [0, 0.1) is 0 Å². The molecule has 0 spiro atoms. The molecule has 1 fully saturated rings. The summed E-state index contributed by atoms with van der Waals surface area (Å²) in [4.78, 5) is 11.3. The van der Waals surface area contributed by atoms with Crippen molar-refractivity contribution in [1.82, 2.24) is 9.88 Å². The van der Waals surface area contributed by atoms with Crippen LogP contribution in [0.4, 0.5) is 0 Å². The van der Waals surface area contributed by atoms with E-state index in [0.717, 1.165) is 13.1 Å². The standard InChI is InChI=1S/C10H14N2O3/c1-12-8(10(13)14-2)3-4-9(12)15-7-5-11-6-7/h3-4,7,11H,5-6H2,1-2H3. The van der Waals surface area contributed by atoms with Crippen molar-refractivity contribution in [2.24, 2.45) is 7.05 Å². The molecule has 82 valence electrons. The summed E-state index contributed by atoms with van der Waals surface area (Å²) < 4.78 is 12.0. The van der Waals surface area contributed by atoms with Crippen LogP contribution in [0.15, 0.2) is 12.1 Å². The maximum absolute atomic E-state index is 11.3. The number of esters is 1. The van der Waals surface area contributed by atoms with Crippen molar-refractivity contribution in [1.29, 1.82) is 0 Å². The summed E-state index contributed by atoms with van der Waals surface area (Å²) >= 11 is 0. The summed E-state index contributed by atoms with van der Waals surface area (Å²) in [6.07, 6.45) is 0.212. The molecule has 1 aromatic heterocycles. The van der Waals surface area contributed by atoms with Crippen molar-refractivity contribution in [3.8, 4) is 5.88 Å². The van der Waals surface area contributed by atoms with Gasteiger partial charge in [-0.2, -0.15) is 0 Å². The summed E-state index contributed by atoms with van der Waals surface area (Å²) in [5.74, 6) is 0.348. The molecule has 1 saturated heterocycles. The van der Waals surface area contributed by atoms with Gasteiger partial charge in [-0.15, -0.1) is 0 Å². The minimum Gasteiger partial charge on any atom is -0.473 e. The summed E-state index contributed by atoms with van der Waals surface area (Å²) in [6.45, 7) is 1.72. The fraction of sp³-hybridized carbons (Fsp3) is 0.500. The Morgan fingerprint density at radius 1 is 1.53 bits per heavy atom. The van der Waals surface area contributed by atoms with Crippen LogP contribution in [-0.2, 0) is 11.8 Å². The first-order valence-electron chi connectivity index (χ1n) is 4.84. The highest BCUT2D eigenvalue weighted by Gasteiger charge is 2.21. The van der Waals surface area contributed by atoms with Gasteiger partial charge >= 0.3 is 5.97 Å². The Morgan fingerprint density at radius 3 is 2.80 bits per heavy atom. The Kier molecular flexibility index (Phi) is 2.64. The van der Waals surface area contributed by atoms with Gasteiger partial charge < -0.3 is 19.4 Å². The summed E-state index contributed by atoms with van der Waals surface area (Å²) in [5, 5.41) is 3.12. The number of rotatable bonds is 3. The van der Waals surface area contributed by atoms with E-state index in [1.165, 1.54) is 7.11 Å². The molecule has 2 heterocycles. The zero-order valence-corrected chi connectivity index (χ0v) is 8.82. The van der Waals surface area contributed by atoms with E-state index in [0.29, 0.717) is 11.6 Å². The van der Waals surface area contributed by atoms with Crippen molar-refractivity contribution in [2.75, 3.05) is 20.2 Å². The van der Waals surface area contributed by atoms with Crippen LogP contribution in [0.25, 0.3) is 0 Å². The van der Waals surface area contributed by atoms with E-state index in [-0.39, 0.29) is 12.1 Å². The van der Waals surface area contributed by atoms with Crippen molar-refractivity contribution in [3.63, 3.8) is 0 Å². The molecule has 1 aromatic rings. The molecule has 1 N–H and O–H groups in total. The highest BCUT2D eigenvalue weighted by atomic mass is 16.5. The van der Waals surface area contributed by atoms with Crippen molar-refractivity contribution in [3.05, 3.63) is 17.8 Å². The third-order valence-electron chi connectivity index (χ3n) is 2.50. The molecule has 0 bridgehead atoms. The van der Waals surface area contributed by atoms with Gasteiger partial charge in [0.2, 0.25) is 0 Å². The predicted octanol–water partition coefficient (Wildman–Crippen LogP) is 0.162. The lowest BCUT2D eigenvalue weighted by atomic mass is 10.2. The fourth-order valence-electron chi connectivity index (χ4n) is 1.44. The van der Waals surface area contributed by atoms with Gasteiger partial charge in [-0.05, 0) is 6.07 Å². The lowest BCUT2D eigenvalue weighted by Crippen LogP contribution is -2.50. The van der Waals surface area contributed by atoms with Crippen molar-refractivity contribution in [2.45, 2.75) is 6.10 Å². The number of hydrogen-bond donors (Lipinski definition) is 1. The third kappa shape index (κ3) is 1.83. The normalized spacial score (nSPS) is 15.9. The first kappa shape index (κ1) is 10.0. The maximum atomic E-state index is 11.3. The number of methoxy groups -OCH3 is 1. The monoisotopic (exact) mass is 210 g/mol. The van der Waals surface area contributed by atoms with Gasteiger partial charge in [0.15, 0.2) is 5.88 Å². The van der Waals surface area contributed by atoms with Crippen molar-refractivity contribution >= 4 is 5.97 Å². The molecule has 2 rings (SSSR count). The predicted molar refractivity (Wildman–Crippen MR) is 54.0 cm³/mol. The summed E-state index contributed by atoms with van der Waals surface area (Å²) in [5.41, 5.74) is 0.500. The molecule has 0 unspecified atom stereocenters. The SMILES string of the molecule is COC(=O)c1ccc(OC2CNC2)n1C. The molecule has 5 heteroatoms. The van der Waals surface area contributed by atoms with E-state index < -0.39 is 0 Å². The van der Waals surface area contributed by atoms with E-state index in [9.17, 15) is 4.79 Å². The average molecular weight is 210 g/mol. The number of ether oxygens (including phenoxy) is 2. The lowest BCUT2D eigenvalue weighted by molar-refractivity contribution is 0.0586. The van der Waals surface area contributed by atoms with Crippen LogP contribution < -0.4 is 10.1 Å². The van der Waals surface area contributed by atoms with E-state index >= 15 is 0 Å². The second-order valence-electron chi connectivity index (χ2n) is 3.51. The van der Waals surface area contributed by atoms with E-state index in [1.807, 2.05) is 0 Å². The number of nitrogens with one attached hydrogen (secondary N) is 1. The zero-order chi connectivity index (χ0) is 10.8. The Hall–Kier alpha value is -1.49. The number of carbonyl (C=O) groups is 1. The van der Waals surface area contributed by atoms with Crippen LogP contribution in [0.3, 0.4) is 0 Å². The summed E-state index contributed by atoms with van der Waals surface area (Å²) in [7, 11) is 3.15. The molecule has 1 aliphatic rings. The Balaban J connectivity index is 2.11. The highest BCUT2D eigenvalue weighted by Crippen LogP contribution is 2.18. The smallest absolute Gasteiger partial charge is 0.354 e. The number of aromatic nitrogens is 1. The topological polar surface area (TPSA) is 52.5 Å². The van der Waals surface area contributed by atoms with Gasteiger partial charge in [0.05, 0.1) is 7.11 Å². The molecule has 1 aliphatic heterocycles. The van der Waals surface area contributed by atoms with Crippen LogP contribution in [-0.4, -0.2) is 36.8 Å². The number of carbonyl (C=O) groups excluding carboxylic acids is 1. The molecule has 0 amide bonds. The molecule has 0 saturated carbocycles. The van der Waals surface area contributed by atoms with E-state index in [4.69, 9.17) is 4.74 Å². The van der Waals surface area contributed by atoms with Gasteiger partial charge in [0, 0.05) is 26.2 Å². The largest absolute Gasteiger partial charge is 0.473 e. The fourth-order valence-corrected chi connectivity index (χ4v) is 1.44. The second-order valence-corrected chi connectivity index (χ2v) is 3.51. The molecular formula is C10H14N2O3. The number of hydrogen-bond acceptors (Lipinski definition) is 4. The van der Waals surface area contributed by atoms with Gasteiger partial charge in [0.1, 0.15) is 11.8 Å². The molecule has 0 atom stereocenters. The second kappa shape index (κ2) is 3.94. The van der Waals surface area contributed by atoms with Crippen molar-refractivity contribution < 1.29 is 14.3 Å². The average Bonchev–Trinajstić information content (AvgIpc) is 2.53. The van der Waals surface area contributed by atoms with E-state index in [2.05, 4.69) is 10.1 Å². The van der Waals surface area contributed by atoms with E-state index in [1.54, 1.807) is 23.7 Å². The van der Waals surface area contributed by atoms with Crippen LogP contribution in [0.1, 0.15) is 10.5 Å². The maximum Gasteiger partial charge on any atom is 0.354 e. The Morgan fingerprint density at radius 2 is 2.27 bits per heavy atom. The molecule has 15 heavy (non-hydrogen) atoms. The minimum absolute atomic E-state index is 0.212. The molecular weight excluding hydrogens is 196 g/mol. The zero-order valence-electron chi connectivity index (χ0n) is 8.82. The van der Waals surface area contributed by atoms with Crippen LogP contribution >= 0.6 is 0 Å². The quantitative estimate of drug-likeness (QED) is 0.722. The first-order valence-corrected chi connectivity index (χ1v) is 4.84. The minimum atomic E-state index is -0.348.